The van der Waals surface area contributed by atoms with Gasteiger partial charge in [0, 0.05) is 6.54 Å². The van der Waals surface area contributed by atoms with E-state index in [0.29, 0.717) is 6.54 Å². The number of aliphatic hydroxyl groups excluding tert-OH is 1. The molecule has 0 fully saturated rings. The summed E-state index contributed by atoms with van der Waals surface area (Å²) in [5.74, 6) is 0. The van der Waals surface area contributed by atoms with Crippen LogP contribution < -0.4 is 5.73 Å². The van der Waals surface area contributed by atoms with E-state index in [1.807, 2.05) is 13.8 Å². The molecule has 0 saturated carbocycles. The lowest BCUT2D eigenvalue weighted by Crippen LogP contribution is -1.98. The molecule has 0 saturated heterocycles. The minimum Gasteiger partial charge on any atom is -0.391 e. The van der Waals surface area contributed by atoms with Crippen molar-refractivity contribution in [1.82, 2.24) is 0 Å². The Hall–Kier alpha value is -0.560. The van der Waals surface area contributed by atoms with E-state index < -0.39 is 0 Å². The maximum absolute atomic E-state index is 8.53. The fourth-order valence-electron chi connectivity index (χ4n) is 0.455. The quantitative estimate of drug-likeness (QED) is 0.528. The van der Waals surface area contributed by atoms with Gasteiger partial charge in [0.2, 0.25) is 0 Å². The van der Waals surface area contributed by atoms with Gasteiger partial charge in [-0.1, -0.05) is 0 Å². The van der Waals surface area contributed by atoms with Gasteiger partial charge in [0.25, 0.3) is 0 Å². The third kappa shape index (κ3) is 3.98. The van der Waals surface area contributed by atoms with Crippen LogP contribution in [0.1, 0.15) is 13.8 Å². The molecule has 9 heavy (non-hydrogen) atoms. The Kier molecular flexibility index (Phi) is 4.06. The van der Waals surface area contributed by atoms with E-state index in [9.17, 15) is 0 Å². The van der Waals surface area contributed by atoms with Crippen LogP contribution in [0.25, 0.3) is 0 Å². The van der Waals surface area contributed by atoms with Crippen molar-refractivity contribution in [3.05, 3.63) is 16.9 Å². The minimum absolute atomic E-state index is 0.0668. The number of hydrogen-bond acceptors (Lipinski definition) is 2. The molecule has 0 rings (SSSR count). The maximum atomic E-state index is 8.53. The molecule has 0 heterocycles. The molecule has 2 nitrogen and oxygen atoms in total. The van der Waals surface area contributed by atoms with Crippen LogP contribution >= 0.6 is 0 Å². The molecule has 3 N–H and O–H groups in total. The summed E-state index contributed by atoms with van der Waals surface area (Å²) in [4.78, 5) is 0. The average Bonchev–Trinajstić information content (AvgIpc) is 1.87. The van der Waals surface area contributed by atoms with Gasteiger partial charge in [-0.15, -0.1) is 5.73 Å². The molecule has 0 aromatic carbocycles. The SMILES string of the molecule is CC(=C=C(C)CO)CN. The molecule has 0 aromatic rings. The minimum atomic E-state index is 0.0668. The predicted molar refractivity (Wildman–Crippen MR) is 38.0 cm³/mol. The fourth-order valence-corrected chi connectivity index (χ4v) is 0.455. The largest absolute Gasteiger partial charge is 0.391 e. The third-order valence-electron chi connectivity index (χ3n) is 0.970. The normalized spacial score (nSPS) is 8.44. The number of hydrogen-bond donors (Lipinski definition) is 2. The molecule has 0 amide bonds. The molecule has 0 aliphatic carbocycles. The first-order chi connectivity index (χ1) is 4.20. The first kappa shape index (κ1) is 8.44. The van der Waals surface area contributed by atoms with E-state index in [1.165, 1.54) is 0 Å². The highest BCUT2D eigenvalue weighted by Gasteiger charge is 1.82. The van der Waals surface area contributed by atoms with Crippen molar-refractivity contribution < 1.29 is 5.11 Å². The lowest BCUT2D eigenvalue weighted by atomic mass is 10.2. The summed E-state index contributed by atoms with van der Waals surface area (Å²) in [6.07, 6.45) is 0. The summed E-state index contributed by atoms with van der Waals surface area (Å²) in [6.45, 7) is 4.28. The smallest absolute Gasteiger partial charge is 0.0713 e. The summed E-state index contributed by atoms with van der Waals surface area (Å²) < 4.78 is 0. The lowest BCUT2D eigenvalue weighted by molar-refractivity contribution is 0.331. The maximum Gasteiger partial charge on any atom is 0.0713 e. The topological polar surface area (TPSA) is 46.2 Å². The first-order valence-corrected chi connectivity index (χ1v) is 2.93. The first-order valence-electron chi connectivity index (χ1n) is 2.93. The molecule has 0 spiro atoms. The van der Waals surface area contributed by atoms with Gasteiger partial charge in [-0.2, -0.15) is 0 Å². The highest BCUT2D eigenvalue weighted by atomic mass is 16.3. The van der Waals surface area contributed by atoms with Gasteiger partial charge < -0.3 is 10.8 Å². The van der Waals surface area contributed by atoms with Crippen LogP contribution in [0.5, 0.6) is 0 Å². The monoisotopic (exact) mass is 127 g/mol. The second-order valence-corrected chi connectivity index (χ2v) is 2.05. The fraction of sp³-hybridized carbons (Fsp3) is 0.571. The van der Waals surface area contributed by atoms with Crippen LogP contribution in [0.2, 0.25) is 0 Å². The third-order valence-corrected chi connectivity index (χ3v) is 0.970. The van der Waals surface area contributed by atoms with Gasteiger partial charge in [0.05, 0.1) is 6.61 Å². The van der Waals surface area contributed by atoms with E-state index in [2.05, 4.69) is 5.73 Å². The molecular formula is C7H13NO. The zero-order valence-corrected chi connectivity index (χ0v) is 5.94. The van der Waals surface area contributed by atoms with E-state index in [4.69, 9.17) is 10.8 Å². The van der Waals surface area contributed by atoms with E-state index in [1.54, 1.807) is 0 Å². The van der Waals surface area contributed by atoms with Gasteiger partial charge in [-0.3, -0.25) is 0 Å². The van der Waals surface area contributed by atoms with Gasteiger partial charge in [0.15, 0.2) is 0 Å². The number of rotatable bonds is 2. The summed E-state index contributed by atoms with van der Waals surface area (Å²) in [5, 5.41) is 8.53. The second kappa shape index (κ2) is 4.33. The highest BCUT2D eigenvalue weighted by molar-refractivity contribution is 5.06. The lowest BCUT2D eigenvalue weighted by Gasteiger charge is -1.89. The molecular weight excluding hydrogens is 114 g/mol. The van der Waals surface area contributed by atoms with Crippen molar-refractivity contribution in [2.24, 2.45) is 5.73 Å². The van der Waals surface area contributed by atoms with Crippen LogP contribution in [-0.2, 0) is 0 Å². The number of aliphatic hydroxyl groups is 1. The Bertz CT molecular complexity index is 129. The van der Waals surface area contributed by atoms with E-state index in [0.717, 1.165) is 11.1 Å². The Morgan fingerprint density at radius 3 is 2.33 bits per heavy atom. The van der Waals surface area contributed by atoms with Crippen molar-refractivity contribution in [3.63, 3.8) is 0 Å². The van der Waals surface area contributed by atoms with Crippen molar-refractivity contribution in [2.45, 2.75) is 13.8 Å². The summed E-state index contributed by atoms with van der Waals surface area (Å²) in [7, 11) is 0. The Labute approximate surface area is 55.7 Å². The van der Waals surface area contributed by atoms with Crippen molar-refractivity contribution in [3.8, 4) is 0 Å². The Morgan fingerprint density at radius 1 is 1.44 bits per heavy atom. The van der Waals surface area contributed by atoms with Crippen LogP contribution in [0.4, 0.5) is 0 Å². The molecule has 0 atom stereocenters. The molecule has 0 radical (unpaired) electrons. The van der Waals surface area contributed by atoms with Gasteiger partial charge in [-0.25, -0.2) is 0 Å². The average molecular weight is 127 g/mol. The summed E-state index contributed by atoms with van der Waals surface area (Å²) in [5.41, 5.74) is 10.0. The van der Waals surface area contributed by atoms with E-state index in [-0.39, 0.29) is 6.61 Å². The van der Waals surface area contributed by atoms with E-state index >= 15 is 0 Å². The summed E-state index contributed by atoms with van der Waals surface area (Å²) in [6, 6.07) is 0. The molecule has 0 bridgehead atoms. The van der Waals surface area contributed by atoms with Crippen LogP contribution in [0.3, 0.4) is 0 Å². The van der Waals surface area contributed by atoms with Crippen LogP contribution in [0, 0.1) is 0 Å². The molecule has 2 heteroatoms. The predicted octanol–water partition coefficient (Wildman–Crippen LogP) is 0.429. The van der Waals surface area contributed by atoms with Crippen LogP contribution in [-0.4, -0.2) is 18.3 Å². The molecule has 0 aromatic heterocycles. The Morgan fingerprint density at radius 2 is 2.00 bits per heavy atom. The molecule has 52 valence electrons. The molecule has 0 aliphatic rings. The van der Waals surface area contributed by atoms with Gasteiger partial charge >= 0.3 is 0 Å². The molecule has 0 unspecified atom stereocenters. The number of nitrogens with two attached hydrogens (primary N) is 1. The van der Waals surface area contributed by atoms with Crippen molar-refractivity contribution in [2.75, 3.05) is 13.2 Å². The summed E-state index contributed by atoms with van der Waals surface area (Å²) >= 11 is 0. The molecule has 0 aliphatic heterocycles. The van der Waals surface area contributed by atoms with Gasteiger partial charge in [-0.05, 0) is 25.0 Å². The zero-order chi connectivity index (χ0) is 7.28. The Balaban J connectivity index is 4.19. The van der Waals surface area contributed by atoms with Crippen LogP contribution in [0.15, 0.2) is 16.9 Å². The second-order valence-electron chi connectivity index (χ2n) is 2.05. The highest BCUT2D eigenvalue weighted by Crippen LogP contribution is 1.90. The standard InChI is InChI=1S/C7H13NO/c1-6(4-8)3-7(2)5-9/h9H,4-5,8H2,1-2H3. The zero-order valence-electron chi connectivity index (χ0n) is 5.94. The van der Waals surface area contributed by atoms with Crippen molar-refractivity contribution >= 4 is 0 Å². The van der Waals surface area contributed by atoms with Gasteiger partial charge in [0.1, 0.15) is 0 Å². The van der Waals surface area contributed by atoms with Crippen molar-refractivity contribution in [1.29, 1.82) is 0 Å².